The van der Waals surface area contributed by atoms with E-state index in [2.05, 4.69) is 5.32 Å². The van der Waals surface area contributed by atoms with Gasteiger partial charge in [0.15, 0.2) is 0 Å². The molecule has 0 spiro atoms. The fourth-order valence-corrected chi connectivity index (χ4v) is 1.93. The number of hydrogen-bond donors (Lipinski definition) is 2. The lowest BCUT2D eigenvalue weighted by atomic mass is 10.1. The first-order chi connectivity index (χ1) is 9.38. The van der Waals surface area contributed by atoms with Gasteiger partial charge in [0.2, 0.25) is 5.91 Å². The number of aromatic nitrogens is 1. The number of carboxylic acid groups (broad SMARTS) is 1. The average molecular weight is 282 g/mol. The van der Waals surface area contributed by atoms with Gasteiger partial charge < -0.3 is 19.7 Å². The van der Waals surface area contributed by atoms with E-state index in [-0.39, 0.29) is 23.7 Å². The summed E-state index contributed by atoms with van der Waals surface area (Å²) in [5, 5.41) is 11.7. The van der Waals surface area contributed by atoms with Gasteiger partial charge in [0.05, 0.1) is 12.2 Å². The Morgan fingerprint density at radius 2 is 2.05 bits per heavy atom. The summed E-state index contributed by atoms with van der Waals surface area (Å²) in [5.41, 5.74) is 0.307. The van der Waals surface area contributed by atoms with Crippen LogP contribution in [-0.2, 0) is 16.1 Å². The molecule has 0 atom stereocenters. The van der Waals surface area contributed by atoms with E-state index in [1.807, 2.05) is 0 Å². The second kappa shape index (κ2) is 6.85. The van der Waals surface area contributed by atoms with Crippen molar-refractivity contribution >= 4 is 11.9 Å². The minimum atomic E-state index is -1.12. The van der Waals surface area contributed by atoms with Gasteiger partial charge >= 0.3 is 5.97 Å². The van der Waals surface area contributed by atoms with Crippen LogP contribution in [0.4, 0.5) is 0 Å². The molecule has 1 aromatic heterocycles. The second-order valence-corrected chi connectivity index (χ2v) is 4.36. The molecule has 110 valence electrons. The van der Waals surface area contributed by atoms with Crippen LogP contribution in [-0.4, -0.2) is 41.8 Å². The highest BCUT2D eigenvalue weighted by Gasteiger charge is 2.17. The summed E-state index contributed by atoms with van der Waals surface area (Å²) < 4.78 is 5.95. The Labute approximate surface area is 116 Å². The molecule has 0 aliphatic heterocycles. The highest BCUT2D eigenvalue weighted by Crippen LogP contribution is 2.10. The SMILES string of the molecule is COCCNC(=O)Cn1c(C)c(C(=O)O)c(C)cc1=O. The van der Waals surface area contributed by atoms with Gasteiger partial charge in [-0.15, -0.1) is 0 Å². The molecule has 0 bridgehead atoms. The van der Waals surface area contributed by atoms with Gasteiger partial charge in [0.1, 0.15) is 6.54 Å². The Morgan fingerprint density at radius 1 is 1.40 bits per heavy atom. The second-order valence-electron chi connectivity index (χ2n) is 4.36. The average Bonchev–Trinajstić information content (AvgIpc) is 2.34. The van der Waals surface area contributed by atoms with E-state index < -0.39 is 11.5 Å². The quantitative estimate of drug-likeness (QED) is 0.712. The van der Waals surface area contributed by atoms with Crippen LogP contribution in [0.2, 0.25) is 0 Å². The van der Waals surface area contributed by atoms with E-state index in [1.54, 1.807) is 6.92 Å². The number of amides is 1. The third kappa shape index (κ3) is 3.67. The predicted molar refractivity (Wildman–Crippen MR) is 72.0 cm³/mol. The first kappa shape index (κ1) is 15.9. The summed E-state index contributed by atoms with van der Waals surface area (Å²) in [4.78, 5) is 34.7. The Morgan fingerprint density at radius 3 is 2.60 bits per heavy atom. The topological polar surface area (TPSA) is 97.6 Å². The molecular weight excluding hydrogens is 264 g/mol. The van der Waals surface area contributed by atoms with Crippen LogP contribution in [0.5, 0.6) is 0 Å². The van der Waals surface area contributed by atoms with E-state index >= 15 is 0 Å². The lowest BCUT2D eigenvalue weighted by Gasteiger charge is -2.13. The zero-order valence-corrected chi connectivity index (χ0v) is 11.7. The maximum absolute atomic E-state index is 11.9. The monoisotopic (exact) mass is 282 g/mol. The van der Waals surface area contributed by atoms with Crippen LogP contribution in [0.3, 0.4) is 0 Å². The fraction of sp³-hybridized carbons (Fsp3) is 0.462. The molecule has 0 saturated carbocycles. The van der Waals surface area contributed by atoms with Crippen LogP contribution in [0, 0.1) is 13.8 Å². The molecule has 1 heterocycles. The van der Waals surface area contributed by atoms with Crippen molar-refractivity contribution in [3.8, 4) is 0 Å². The van der Waals surface area contributed by atoms with Crippen molar-refractivity contribution in [2.45, 2.75) is 20.4 Å². The molecule has 20 heavy (non-hydrogen) atoms. The normalized spacial score (nSPS) is 10.3. The number of aryl methyl sites for hydroxylation is 1. The maximum Gasteiger partial charge on any atom is 0.337 e. The Hall–Kier alpha value is -2.15. The van der Waals surface area contributed by atoms with Crippen molar-refractivity contribution in [2.75, 3.05) is 20.3 Å². The van der Waals surface area contributed by atoms with Crippen molar-refractivity contribution in [1.29, 1.82) is 0 Å². The van der Waals surface area contributed by atoms with E-state index in [1.165, 1.54) is 20.1 Å². The number of aromatic carboxylic acids is 1. The number of nitrogens with zero attached hydrogens (tertiary/aromatic N) is 1. The third-order valence-corrected chi connectivity index (χ3v) is 2.91. The standard InChI is InChI=1S/C13H18N2O5/c1-8-6-11(17)15(9(2)12(8)13(18)19)7-10(16)14-4-5-20-3/h6H,4-5,7H2,1-3H3,(H,14,16)(H,18,19). The van der Waals surface area contributed by atoms with Crippen LogP contribution in [0.15, 0.2) is 10.9 Å². The number of pyridine rings is 1. The summed E-state index contributed by atoms with van der Waals surface area (Å²) in [6.07, 6.45) is 0. The maximum atomic E-state index is 11.9. The Bertz CT molecular complexity index is 577. The van der Waals surface area contributed by atoms with Gasteiger partial charge in [-0.25, -0.2) is 4.79 Å². The molecule has 2 N–H and O–H groups in total. The molecule has 1 aromatic rings. The van der Waals surface area contributed by atoms with Crippen LogP contribution in [0.1, 0.15) is 21.6 Å². The Kier molecular flexibility index (Phi) is 5.45. The number of rotatable bonds is 6. The van der Waals surface area contributed by atoms with Crippen LogP contribution >= 0.6 is 0 Å². The van der Waals surface area contributed by atoms with Gasteiger partial charge in [0.25, 0.3) is 5.56 Å². The molecule has 0 fully saturated rings. The summed E-state index contributed by atoms with van der Waals surface area (Å²) in [6.45, 7) is 3.56. The largest absolute Gasteiger partial charge is 0.478 e. The molecule has 0 saturated heterocycles. The van der Waals surface area contributed by atoms with Crippen molar-refractivity contribution in [2.24, 2.45) is 0 Å². The van der Waals surface area contributed by atoms with Gasteiger partial charge in [-0.05, 0) is 19.4 Å². The van der Waals surface area contributed by atoms with Crippen LogP contribution in [0.25, 0.3) is 0 Å². The predicted octanol–water partition coefficient (Wildman–Crippen LogP) is -0.0741. The van der Waals surface area contributed by atoms with E-state index in [9.17, 15) is 14.4 Å². The smallest absolute Gasteiger partial charge is 0.337 e. The fourth-order valence-electron chi connectivity index (χ4n) is 1.93. The Balaban J connectivity index is 3.01. The van der Waals surface area contributed by atoms with Gasteiger partial charge in [0, 0.05) is 25.4 Å². The van der Waals surface area contributed by atoms with Gasteiger partial charge in [-0.1, -0.05) is 0 Å². The number of carboxylic acids is 1. The number of carbonyl (C=O) groups is 2. The zero-order valence-electron chi connectivity index (χ0n) is 11.7. The lowest BCUT2D eigenvalue weighted by molar-refractivity contribution is -0.121. The van der Waals surface area contributed by atoms with Crippen molar-refractivity contribution < 1.29 is 19.4 Å². The molecule has 7 nitrogen and oxygen atoms in total. The molecule has 0 radical (unpaired) electrons. The summed E-state index contributed by atoms with van der Waals surface area (Å²) in [5.74, 6) is -1.49. The number of ether oxygens (including phenoxy) is 1. The minimum Gasteiger partial charge on any atom is -0.478 e. The molecule has 0 aliphatic carbocycles. The molecule has 0 aliphatic rings. The summed E-state index contributed by atoms with van der Waals surface area (Å²) >= 11 is 0. The molecular formula is C13H18N2O5. The highest BCUT2D eigenvalue weighted by atomic mass is 16.5. The van der Waals surface area contributed by atoms with Crippen molar-refractivity contribution in [3.05, 3.63) is 33.2 Å². The third-order valence-electron chi connectivity index (χ3n) is 2.91. The minimum absolute atomic E-state index is 0.0503. The highest BCUT2D eigenvalue weighted by molar-refractivity contribution is 5.90. The molecule has 1 rings (SSSR count). The van der Waals surface area contributed by atoms with Gasteiger partial charge in [-0.2, -0.15) is 0 Å². The van der Waals surface area contributed by atoms with Crippen LogP contribution < -0.4 is 10.9 Å². The van der Waals surface area contributed by atoms with Crippen molar-refractivity contribution in [3.63, 3.8) is 0 Å². The molecule has 0 unspecified atom stereocenters. The number of nitrogens with one attached hydrogen (secondary N) is 1. The zero-order chi connectivity index (χ0) is 15.3. The lowest BCUT2D eigenvalue weighted by Crippen LogP contribution is -2.35. The van der Waals surface area contributed by atoms with Crippen molar-refractivity contribution in [1.82, 2.24) is 9.88 Å². The number of carbonyl (C=O) groups excluding carboxylic acids is 1. The first-order valence-corrected chi connectivity index (χ1v) is 6.08. The number of methoxy groups -OCH3 is 1. The first-order valence-electron chi connectivity index (χ1n) is 6.08. The van der Waals surface area contributed by atoms with E-state index in [0.29, 0.717) is 18.7 Å². The molecule has 1 amide bonds. The molecule has 0 aromatic carbocycles. The summed E-state index contributed by atoms with van der Waals surface area (Å²) in [6, 6.07) is 1.22. The van der Waals surface area contributed by atoms with Gasteiger partial charge in [-0.3, -0.25) is 9.59 Å². The molecule has 7 heteroatoms. The van der Waals surface area contributed by atoms with E-state index in [4.69, 9.17) is 9.84 Å². The summed E-state index contributed by atoms with van der Waals surface area (Å²) in [7, 11) is 1.51. The van der Waals surface area contributed by atoms with E-state index in [0.717, 1.165) is 4.57 Å². The number of hydrogen-bond acceptors (Lipinski definition) is 4.